The van der Waals surface area contributed by atoms with E-state index >= 15 is 0 Å². The van der Waals surface area contributed by atoms with Crippen molar-refractivity contribution in [2.75, 3.05) is 32.8 Å². The summed E-state index contributed by atoms with van der Waals surface area (Å²) in [6.45, 7) is 13.3. The molecular formula is C51H94N2O5. The number of carbonyl (C=O) groups is 3. The molecule has 7 heteroatoms. The predicted octanol–water partition coefficient (Wildman–Crippen LogP) is 13.5. The molecule has 1 saturated carbocycles. The molecule has 58 heavy (non-hydrogen) atoms. The minimum Gasteiger partial charge on any atom is -0.466 e. The van der Waals surface area contributed by atoms with Crippen molar-refractivity contribution >= 4 is 17.8 Å². The van der Waals surface area contributed by atoms with Gasteiger partial charge in [-0.1, -0.05) is 162 Å². The van der Waals surface area contributed by atoms with Gasteiger partial charge >= 0.3 is 11.9 Å². The predicted molar refractivity (Wildman–Crippen MR) is 245 cm³/mol. The molecule has 1 unspecified atom stereocenters. The lowest BCUT2D eigenvalue weighted by Gasteiger charge is -2.22. The molecule has 0 aromatic rings. The molecule has 1 fully saturated rings. The van der Waals surface area contributed by atoms with E-state index in [1.54, 1.807) is 0 Å². The summed E-state index contributed by atoms with van der Waals surface area (Å²) < 4.78 is 11.6. The van der Waals surface area contributed by atoms with Crippen LogP contribution in [0.1, 0.15) is 246 Å². The standard InChI is InChI=1S/C51H94N2O5/c1-5-9-12-14-18-24-32-48(33-25-19-15-13-10-6-2)58-51(56)35-27-21-17-23-29-43-53(44-30-41-52-49(54)39-38-47-36-37-47)42-28-22-16-20-26-34-50(55)57-45-40-46(8-4)31-11-7-3/h46-48H,5-37,40-45H2,1-4H3,(H,52,54). The van der Waals surface area contributed by atoms with Gasteiger partial charge < -0.3 is 19.7 Å². The van der Waals surface area contributed by atoms with Crippen LogP contribution in [0.4, 0.5) is 0 Å². The Morgan fingerprint density at radius 1 is 0.569 bits per heavy atom. The largest absolute Gasteiger partial charge is 0.466 e. The van der Waals surface area contributed by atoms with Gasteiger partial charge in [0, 0.05) is 25.3 Å². The first-order valence-electron chi connectivity index (χ1n) is 25.3. The van der Waals surface area contributed by atoms with E-state index in [1.165, 1.54) is 116 Å². The fraction of sp³-hybridized carbons (Fsp3) is 0.902. The molecule has 0 aliphatic heterocycles. The van der Waals surface area contributed by atoms with Crippen LogP contribution in [0, 0.1) is 23.7 Å². The molecule has 1 N–H and O–H groups in total. The zero-order valence-electron chi connectivity index (χ0n) is 38.8. The number of amides is 1. The lowest BCUT2D eigenvalue weighted by atomic mass is 9.96. The summed E-state index contributed by atoms with van der Waals surface area (Å²) in [5.74, 6) is 6.76. The Morgan fingerprint density at radius 3 is 1.62 bits per heavy atom. The molecule has 0 bridgehead atoms. The Hall–Kier alpha value is -2.07. The second kappa shape index (κ2) is 40.3. The number of hydrogen-bond acceptors (Lipinski definition) is 6. The molecule has 1 atom stereocenters. The summed E-state index contributed by atoms with van der Waals surface area (Å²) in [5.41, 5.74) is 0. The van der Waals surface area contributed by atoms with Crippen LogP contribution in [-0.4, -0.2) is 61.6 Å². The van der Waals surface area contributed by atoms with Crippen molar-refractivity contribution in [3.63, 3.8) is 0 Å². The highest BCUT2D eigenvalue weighted by atomic mass is 16.5. The zero-order valence-corrected chi connectivity index (χ0v) is 38.8. The van der Waals surface area contributed by atoms with Gasteiger partial charge in [0.1, 0.15) is 6.10 Å². The maximum atomic E-state index is 12.8. The molecule has 0 heterocycles. The van der Waals surface area contributed by atoms with Gasteiger partial charge in [0.25, 0.3) is 5.91 Å². The van der Waals surface area contributed by atoms with E-state index in [0.29, 0.717) is 37.8 Å². The molecule has 0 spiro atoms. The summed E-state index contributed by atoms with van der Waals surface area (Å²) in [7, 11) is 0. The summed E-state index contributed by atoms with van der Waals surface area (Å²) in [6.07, 6.45) is 38.6. The fourth-order valence-electron chi connectivity index (χ4n) is 7.82. The quantitative estimate of drug-likeness (QED) is 0.0375. The van der Waals surface area contributed by atoms with Gasteiger partial charge in [-0.25, -0.2) is 0 Å². The average molecular weight is 815 g/mol. The maximum Gasteiger partial charge on any atom is 0.306 e. The highest BCUT2D eigenvalue weighted by Crippen LogP contribution is 2.27. The molecule has 1 amide bonds. The van der Waals surface area contributed by atoms with Crippen molar-refractivity contribution in [2.24, 2.45) is 11.8 Å². The maximum absolute atomic E-state index is 12.8. The van der Waals surface area contributed by atoms with E-state index in [0.717, 1.165) is 110 Å². The molecule has 0 aromatic carbocycles. The highest BCUT2D eigenvalue weighted by molar-refractivity contribution is 5.93. The molecule has 0 radical (unpaired) electrons. The van der Waals surface area contributed by atoms with E-state index in [4.69, 9.17) is 9.47 Å². The summed E-state index contributed by atoms with van der Waals surface area (Å²) in [6, 6.07) is 0. The molecule has 1 rings (SSSR count). The third-order valence-electron chi connectivity index (χ3n) is 12.0. The monoisotopic (exact) mass is 815 g/mol. The smallest absolute Gasteiger partial charge is 0.306 e. The molecular weight excluding hydrogens is 721 g/mol. The van der Waals surface area contributed by atoms with Crippen LogP contribution < -0.4 is 5.32 Å². The van der Waals surface area contributed by atoms with E-state index in [-0.39, 0.29) is 23.9 Å². The van der Waals surface area contributed by atoms with Crippen molar-refractivity contribution in [1.82, 2.24) is 10.2 Å². The van der Waals surface area contributed by atoms with Crippen molar-refractivity contribution in [3.05, 3.63) is 0 Å². The van der Waals surface area contributed by atoms with Gasteiger partial charge in [-0.15, -0.1) is 0 Å². The third-order valence-corrected chi connectivity index (χ3v) is 12.0. The van der Waals surface area contributed by atoms with Crippen molar-refractivity contribution in [1.29, 1.82) is 0 Å². The van der Waals surface area contributed by atoms with Crippen LogP contribution in [0.3, 0.4) is 0 Å². The molecule has 1 aliphatic rings. The highest BCUT2D eigenvalue weighted by Gasteiger charge is 2.18. The number of ether oxygens (including phenoxy) is 2. The van der Waals surface area contributed by atoms with Crippen molar-refractivity contribution < 1.29 is 23.9 Å². The topological polar surface area (TPSA) is 84.9 Å². The van der Waals surface area contributed by atoms with Gasteiger partial charge in [-0.3, -0.25) is 14.4 Å². The Labute approximate surface area is 359 Å². The average Bonchev–Trinajstić information content (AvgIpc) is 4.06. The van der Waals surface area contributed by atoms with E-state index in [1.807, 2.05) is 0 Å². The van der Waals surface area contributed by atoms with Gasteiger partial charge in [-0.2, -0.15) is 0 Å². The molecule has 7 nitrogen and oxygen atoms in total. The molecule has 0 saturated heterocycles. The summed E-state index contributed by atoms with van der Waals surface area (Å²) in [5, 5.41) is 2.98. The van der Waals surface area contributed by atoms with Crippen LogP contribution in [0.25, 0.3) is 0 Å². The van der Waals surface area contributed by atoms with Gasteiger partial charge in [0.2, 0.25) is 0 Å². The molecule has 0 aromatic heterocycles. The fourth-order valence-corrected chi connectivity index (χ4v) is 7.82. The van der Waals surface area contributed by atoms with Crippen LogP contribution in [0.2, 0.25) is 0 Å². The summed E-state index contributed by atoms with van der Waals surface area (Å²) >= 11 is 0. The number of unbranched alkanes of at least 4 members (excludes halogenated alkanes) is 19. The lowest BCUT2D eigenvalue weighted by Crippen LogP contribution is -2.31. The second-order valence-electron chi connectivity index (χ2n) is 17.7. The van der Waals surface area contributed by atoms with E-state index in [2.05, 4.69) is 49.8 Å². The lowest BCUT2D eigenvalue weighted by molar-refractivity contribution is -0.150. The van der Waals surface area contributed by atoms with Crippen LogP contribution >= 0.6 is 0 Å². The Bertz CT molecular complexity index is 1020. The minimum absolute atomic E-state index is 0.0111. The second-order valence-corrected chi connectivity index (χ2v) is 17.7. The normalized spacial score (nSPS) is 13.1. The van der Waals surface area contributed by atoms with Gasteiger partial charge in [0.15, 0.2) is 0 Å². The summed E-state index contributed by atoms with van der Waals surface area (Å²) in [4.78, 5) is 39.7. The molecule has 1 aliphatic carbocycles. The SMILES string of the molecule is CCCCCCCCC(CCCCCCCC)OC(=O)CCCCCCCN(CCCCCCCC(=O)OCCC(CC)CCCC)CCCNC(=O)C#CC1CC1. The van der Waals surface area contributed by atoms with E-state index < -0.39 is 0 Å². The van der Waals surface area contributed by atoms with Crippen LogP contribution in [0.5, 0.6) is 0 Å². The van der Waals surface area contributed by atoms with E-state index in [9.17, 15) is 14.4 Å². The number of hydrogen-bond donors (Lipinski definition) is 1. The Kier molecular flexibility index (Phi) is 37.5. The number of nitrogens with zero attached hydrogens (tertiary/aromatic N) is 1. The van der Waals surface area contributed by atoms with Crippen molar-refractivity contribution in [2.45, 2.75) is 252 Å². The first kappa shape index (κ1) is 53.9. The minimum atomic E-state index is -0.144. The first-order chi connectivity index (χ1) is 28.4. The zero-order chi connectivity index (χ0) is 42.2. The Balaban J connectivity index is 2.34. The number of rotatable bonds is 42. The van der Waals surface area contributed by atoms with Gasteiger partial charge in [0.05, 0.1) is 6.61 Å². The first-order valence-corrected chi connectivity index (χ1v) is 25.3. The number of carbonyl (C=O) groups excluding carboxylic acids is 3. The number of esters is 2. The van der Waals surface area contributed by atoms with Gasteiger partial charge in [-0.05, 0) is 109 Å². The van der Waals surface area contributed by atoms with Crippen LogP contribution in [-0.2, 0) is 23.9 Å². The number of nitrogens with one attached hydrogen (secondary N) is 1. The molecule has 338 valence electrons. The van der Waals surface area contributed by atoms with Crippen molar-refractivity contribution in [3.8, 4) is 11.8 Å². The van der Waals surface area contributed by atoms with Crippen LogP contribution in [0.15, 0.2) is 0 Å². The Morgan fingerprint density at radius 2 is 1.07 bits per heavy atom. The third kappa shape index (κ3) is 35.8.